The molecule has 1 aliphatic rings. The number of rotatable bonds is 0. The van der Waals surface area contributed by atoms with Crippen molar-refractivity contribution in [1.29, 1.82) is 0 Å². The predicted octanol–water partition coefficient (Wildman–Crippen LogP) is 4.10. The molecule has 2 atom stereocenters. The van der Waals surface area contributed by atoms with Gasteiger partial charge in [0, 0.05) is 0 Å². The molecule has 72 valence electrons. The molecule has 12 heavy (non-hydrogen) atoms. The van der Waals surface area contributed by atoms with E-state index in [9.17, 15) is 0 Å². The topological polar surface area (TPSA) is 0 Å². The molecule has 0 saturated heterocycles. The summed E-state index contributed by atoms with van der Waals surface area (Å²) < 4.78 is 0. The highest BCUT2D eigenvalue weighted by Gasteiger charge is 2.46. The third-order valence-corrected chi connectivity index (χ3v) is 4.96. The highest BCUT2D eigenvalue weighted by molar-refractivity contribution is 4.95. The van der Waals surface area contributed by atoms with E-state index >= 15 is 0 Å². The summed E-state index contributed by atoms with van der Waals surface area (Å²) in [5.74, 6) is 1.77. The first-order valence-electron chi connectivity index (χ1n) is 5.29. The molecule has 1 rings (SSSR count). The molecule has 0 N–H and O–H groups in total. The van der Waals surface area contributed by atoms with E-state index in [1.807, 2.05) is 0 Å². The molecule has 0 amide bonds. The second-order valence-corrected chi connectivity index (χ2v) is 5.91. The molecular weight excluding hydrogens is 144 g/mol. The van der Waals surface area contributed by atoms with Crippen molar-refractivity contribution >= 4 is 0 Å². The predicted molar refractivity (Wildman–Crippen MR) is 55.1 cm³/mol. The molecule has 0 aromatic rings. The van der Waals surface area contributed by atoms with Crippen LogP contribution in [-0.2, 0) is 0 Å². The fraction of sp³-hybridized carbons (Fsp3) is 1.00. The smallest absolute Gasteiger partial charge is 0.0275 e. The van der Waals surface area contributed by atoms with Crippen molar-refractivity contribution in [2.75, 3.05) is 0 Å². The minimum atomic E-state index is 0.505. The third-order valence-electron chi connectivity index (χ3n) is 4.96. The van der Waals surface area contributed by atoms with Crippen LogP contribution >= 0.6 is 0 Å². The van der Waals surface area contributed by atoms with Crippen molar-refractivity contribution in [3.05, 3.63) is 0 Å². The second kappa shape index (κ2) is 2.75. The van der Waals surface area contributed by atoms with E-state index in [1.54, 1.807) is 0 Å². The fourth-order valence-corrected chi connectivity index (χ4v) is 2.49. The highest BCUT2D eigenvalue weighted by atomic mass is 14.5. The summed E-state index contributed by atoms with van der Waals surface area (Å²) in [6, 6.07) is 0. The summed E-state index contributed by atoms with van der Waals surface area (Å²) in [5.41, 5.74) is 1.03. The van der Waals surface area contributed by atoms with Gasteiger partial charge in [0.15, 0.2) is 0 Å². The molecule has 1 aliphatic carbocycles. The van der Waals surface area contributed by atoms with Crippen LogP contribution in [0.1, 0.15) is 54.4 Å². The second-order valence-electron chi connectivity index (χ2n) is 5.91. The molecule has 0 aromatic carbocycles. The SMILES string of the molecule is CC1CCC(C)(C)C(C)(C)C1C. The van der Waals surface area contributed by atoms with Gasteiger partial charge in [-0.15, -0.1) is 0 Å². The average molecular weight is 168 g/mol. The van der Waals surface area contributed by atoms with Gasteiger partial charge < -0.3 is 0 Å². The van der Waals surface area contributed by atoms with Gasteiger partial charge in [-0.25, -0.2) is 0 Å². The van der Waals surface area contributed by atoms with Crippen LogP contribution < -0.4 is 0 Å². The van der Waals surface area contributed by atoms with Crippen molar-refractivity contribution in [3.63, 3.8) is 0 Å². The van der Waals surface area contributed by atoms with E-state index in [0.29, 0.717) is 10.8 Å². The Hall–Kier alpha value is 0. The molecule has 0 spiro atoms. The molecule has 2 unspecified atom stereocenters. The van der Waals surface area contributed by atoms with E-state index in [-0.39, 0.29) is 0 Å². The minimum absolute atomic E-state index is 0.505. The standard InChI is InChI=1S/C12H24/c1-9-7-8-11(3,4)12(5,6)10(9)2/h9-10H,7-8H2,1-6H3. The summed E-state index contributed by atoms with van der Waals surface area (Å²) >= 11 is 0. The van der Waals surface area contributed by atoms with Gasteiger partial charge in [0.2, 0.25) is 0 Å². The van der Waals surface area contributed by atoms with Crippen molar-refractivity contribution in [2.45, 2.75) is 54.4 Å². The summed E-state index contributed by atoms with van der Waals surface area (Å²) in [6.45, 7) is 14.6. The van der Waals surface area contributed by atoms with Gasteiger partial charge in [-0.05, 0) is 35.5 Å². The maximum Gasteiger partial charge on any atom is -0.0275 e. The summed E-state index contributed by atoms with van der Waals surface area (Å²) in [5, 5.41) is 0. The maximum absolute atomic E-state index is 2.44. The largest absolute Gasteiger partial charge is 0.0622 e. The molecule has 0 radical (unpaired) electrons. The van der Waals surface area contributed by atoms with Crippen LogP contribution in [0.3, 0.4) is 0 Å². The van der Waals surface area contributed by atoms with Gasteiger partial charge in [0.05, 0.1) is 0 Å². The highest BCUT2D eigenvalue weighted by Crippen LogP contribution is 2.54. The van der Waals surface area contributed by atoms with Crippen molar-refractivity contribution < 1.29 is 0 Å². The summed E-state index contributed by atoms with van der Waals surface area (Å²) in [4.78, 5) is 0. The van der Waals surface area contributed by atoms with E-state index in [4.69, 9.17) is 0 Å². The Morgan fingerprint density at radius 1 is 1.00 bits per heavy atom. The zero-order valence-corrected chi connectivity index (χ0v) is 9.57. The molecule has 0 bridgehead atoms. The fourth-order valence-electron chi connectivity index (χ4n) is 2.49. The average Bonchev–Trinajstić information content (AvgIpc) is 1.96. The van der Waals surface area contributed by atoms with Crippen LogP contribution in [-0.4, -0.2) is 0 Å². The van der Waals surface area contributed by atoms with Crippen LogP contribution in [0.5, 0.6) is 0 Å². The van der Waals surface area contributed by atoms with E-state index in [0.717, 1.165) is 11.8 Å². The van der Waals surface area contributed by atoms with Gasteiger partial charge in [-0.3, -0.25) is 0 Å². The van der Waals surface area contributed by atoms with Gasteiger partial charge >= 0.3 is 0 Å². The Morgan fingerprint density at radius 2 is 1.50 bits per heavy atom. The Bertz CT molecular complexity index is 165. The van der Waals surface area contributed by atoms with Crippen molar-refractivity contribution in [3.8, 4) is 0 Å². The van der Waals surface area contributed by atoms with Crippen LogP contribution in [0.15, 0.2) is 0 Å². The first-order chi connectivity index (χ1) is 5.29. The van der Waals surface area contributed by atoms with Crippen LogP contribution in [0.4, 0.5) is 0 Å². The zero-order chi connectivity index (χ0) is 9.57. The van der Waals surface area contributed by atoms with Crippen molar-refractivity contribution in [1.82, 2.24) is 0 Å². The summed E-state index contributed by atoms with van der Waals surface area (Å²) in [7, 11) is 0. The molecule has 1 saturated carbocycles. The maximum atomic E-state index is 2.44. The Balaban J connectivity index is 2.88. The lowest BCUT2D eigenvalue weighted by atomic mass is 9.52. The number of hydrogen-bond acceptors (Lipinski definition) is 0. The van der Waals surface area contributed by atoms with E-state index < -0.39 is 0 Å². The zero-order valence-electron chi connectivity index (χ0n) is 9.57. The quantitative estimate of drug-likeness (QED) is 0.511. The van der Waals surface area contributed by atoms with Crippen molar-refractivity contribution in [2.24, 2.45) is 22.7 Å². The first-order valence-corrected chi connectivity index (χ1v) is 5.29. The van der Waals surface area contributed by atoms with E-state index in [2.05, 4.69) is 41.5 Å². The molecule has 0 aliphatic heterocycles. The Morgan fingerprint density at radius 3 is 1.92 bits per heavy atom. The normalized spacial score (nSPS) is 39.5. The first kappa shape index (κ1) is 10.1. The molecule has 1 fully saturated rings. The molecule has 0 aromatic heterocycles. The Kier molecular flexibility index (Phi) is 2.31. The lowest BCUT2D eigenvalue weighted by Crippen LogP contribution is -2.44. The molecule has 0 heterocycles. The lowest BCUT2D eigenvalue weighted by Gasteiger charge is -2.53. The monoisotopic (exact) mass is 168 g/mol. The van der Waals surface area contributed by atoms with E-state index in [1.165, 1.54) is 12.8 Å². The van der Waals surface area contributed by atoms with Crippen LogP contribution in [0.25, 0.3) is 0 Å². The minimum Gasteiger partial charge on any atom is -0.0622 e. The number of hydrogen-bond donors (Lipinski definition) is 0. The molecule has 0 nitrogen and oxygen atoms in total. The van der Waals surface area contributed by atoms with Crippen LogP contribution in [0.2, 0.25) is 0 Å². The third kappa shape index (κ3) is 1.30. The Labute approximate surface area is 77.7 Å². The van der Waals surface area contributed by atoms with Gasteiger partial charge in [-0.1, -0.05) is 41.5 Å². The van der Waals surface area contributed by atoms with Crippen LogP contribution in [0, 0.1) is 22.7 Å². The van der Waals surface area contributed by atoms with Gasteiger partial charge in [0.1, 0.15) is 0 Å². The van der Waals surface area contributed by atoms with Gasteiger partial charge in [-0.2, -0.15) is 0 Å². The molecular formula is C12H24. The van der Waals surface area contributed by atoms with Gasteiger partial charge in [0.25, 0.3) is 0 Å². The molecule has 0 heteroatoms. The summed E-state index contributed by atoms with van der Waals surface area (Å²) in [6.07, 6.45) is 2.81. The lowest BCUT2D eigenvalue weighted by molar-refractivity contribution is -0.0315.